The molecule has 0 heterocycles. The Balaban J connectivity index is 1.80. The Morgan fingerprint density at radius 3 is 2.30 bits per heavy atom. The largest absolute Gasteiger partial charge is 0.493 e. The molecule has 0 aliphatic rings. The van der Waals surface area contributed by atoms with Gasteiger partial charge in [-0.05, 0) is 54.1 Å². The van der Waals surface area contributed by atoms with Crippen molar-refractivity contribution in [1.29, 1.82) is 0 Å². The maximum absolute atomic E-state index is 11.4. The zero-order chi connectivity index (χ0) is 21.7. The Bertz CT molecular complexity index is 1120. The fourth-order valence-electron chi connectivity index (χ4n) is 2.76. The molecule has 9 heteroatoms. The van der Waals surface area contributed by atoms with Crippen LogP contribution in [-0.2, 0) is 23.2 Å². The van der Waals surface area contributed by atoms with Crippen LogP contribution in [0.1, 0.15) is 11.1 Å². The second kappa shape index (κ2) is 9.70. The van der Waals surface area contributed by atoms with E-state index in [9.17, 15) is 8.42 Å². The number of methoxy groups -OCH3 is 1. The number of hydrogen-bond donors (Lipinski definition) is 2. The summed E-state index contributed by atoms with van der Waals surface area (Å²) in [5.74, 6) is 1.21. The van der Waals surface area contributed by atoms with Crippen LogP contribution in [0.3, 0.4) is 0 Å². The van der Waals surface area contributed by atoms with Crippen LogP contribution in [0.2, 0.25) is 5.02 Å². The lowest BCUT2D eigenvalue weighted by atomic mass is 10.1. The first-order valence-corrected chi connectivity index (χ1v) is 11.6. The highest BCUT2D eigenvalue weighted by molar-refractivity contribution is 9.10. The summed E-state index contributed by atoms with van der Waals surface area (Å²) in [6.45, 7) is 0.766. The van der Waals surface area contributed by atoms with Crippen molar-refractivity contribution in [3.63, 3.8) is 0 Å². The van der Waals surface area contributed by atoms with E-state index in [0.717, 1.165) is 21.3 Å². The van der Waals surface area contributed by atoms with Crippen LogP contribution in [0, 0.1) is 0 Å². The molecule has 0 aromatic heterocycles. The van der Waals surface area contributed by atoms with Gasteiger partial charge in [0.05, 0.1) is 12.0 Å². The summed E-state index contributed by atoms with van der Waals surface area (Å²) in [5, 5.41) is 9.06. The zero-order valence-electron chi connectivity index (χ0n) is 16.1. The summed E-state index contributed by atoms with van der Waals surface area (Å²) in [6.07, 6.45) is 0. The molecule has 0 radical (unpaired) electrons. The Hall–Kier alpha value is -2.26. The van der Waals surface area contributed by atoms with Crippen LogP contribution >= 0.6 is 27.5 Å². The van der Waals surface area contributed by atoms with E-state index in [1.165, 1.54) is 12.1 Å². The lowest BCUT2D eigenvalue weighted by Gasteiger charge is -2.18. The fraction of sp³-hybridized carbons (Fsp3) is 0.143. The lowest BCUT2D eigenvalue weighted by Crippen LogP contribution is -2.12. The lowest BCUT2D eigenvalue weighted by molar-refractivity contribution is 0.281. The van der Waals surface area contributed by atoms with E-state index in [0.29, 0.717) is 29.7 Å². The van der Waals surface area contributed by atoms with Gasteiger partial charge in [-0.3, -0.25) is 0 Å². The summed E-state index contributed by atoms with van der Waals surface area (Å²) in [4.78, 5) is 0.0580. The number of nitrogens with one attached hydrogen (secondary N) is 1. The molecule has 0 fully saturated rings. The van der Waals surface area contributed by atoms with E-state index in [1.54, 1.807) is 19.2 Å². The van der Waals surface area contributed by atoms with Crippen molar-refractivity contribution in [3.05, 3.63) is 81.3 Å². The molecule has 3 rings (SSSR count). The molecule has 0 amide bonds. The molecule has 0 bridgehead atoms. The van der Waals surface area contributed by atoms with Gasteiger partial charge in [0.25, 0.3) is 0 Å². The first kappa shape index (κ1) is 22.4. The molecule has 0 saturated carbocycles. The molecule has 0 spiro atoms. The van der Waals surface area contributed by atoms with Crippen LogP contribution in [0.4, 0.5) is 5.69 Å². The predicted octanol–water partition coefficient (Wildman–Crippen LogP) is 4.95. The van der Waals surface area contributed by atoms with Crippen molar-refractivity contribution in [2.45, 2.75) is 18.0 Å². The van der Waals surface area contributed by atoms with Crippen molar-refractivity contribution in [2.75, 3.05) is 12.4 Å². The number of primary sulfonamides is 1. The quantitative estimate of drug-likeness (QED) is 0.447. The third kappa shape index (κ3) is 5.66. The number of sulfonamides is 1. The molecule has 3 aromatic carbocycles. The Morgan fingerprint density at radius 2 is 1.70 bits per heavy atom. The van der Waals surface area contributed by atoms with E-state index in [4.69, 9.17) is 26.2 Å². The van der Waals surface area contributed by atoms with Crippen LogP contribution < -0.4 is 19.9 Å². The van der Waals surface area contributed by atoms with Gasteiger partial charge in [0.2, 0.25) is 10.0 Å². The Kier molecular flexibility index (Phi) is 7.25. The average Bonchev–Trinajstić information content (AvgIpc) is 2.72. The normalized spacial score (nSPS) is 11.2. The number of rotatable bonds is 8. The summed E-state index contributed by atoms with van der Waals surface area (Å²) in [6, 6.07) is 17.4. The molecule has 158 valence electrons. The second-order valence-electron chi connectivity index (χ2n) is 6.40. The number of hydrogen-bond acceptors (Lipinski definition) is 5. The van der Waals surface area contributed by atoms with Crippen molar-refractivity contribution < 1.29 is 17.9 Å². The summed E-state index contributed by atoms with van der Waals surface area (Å²) < 4.78 is 35.2. The SMILES string of the molecule is COc1ccc(Br)c(CNc2ccc(S(N)(=O)=O)cc2)c1OCc1ccc(Cl)cc1. The molecule has 0 aliphatic carbocycles. The van der Waals surface area contributed by atoms with E-state index in [-0.39, 0.29) is 4.90 Å². The summed E-state index contributed by atoms with van der Waals surface area (Å²) in [7, 11) is -2.14. The minimum Gasteiger partial charge on any atom is -0.493 e. The third-order valence-corrected chi connectivity index (χ3v) is 6.26. The number of nitrogens with two attached hydrogens (primary N) is 1. The number of anilines is 1. The van der Waals surface area contributed by atoms with Gasteiger partial charge in [0.1, 0.15) is 6.61 Å². The standard InChI is InChI=1S/C21H20BrClN2O4S/c1-28-20-11-10-19(22)18(21(20)29-13-14-2-4-15(23)5-3-14)12-25-16-6-8-17(9-7-16)30(24,26)27/h2-11,25H,12-13H2,1H3,(H2,24,26,27). The highest BCUT2D eigenvalue weighted by atomic mass is 79.9. The Labute approximate surface area is 189 Å². The Morgan fingerprint density at radius 1 is 1.03 bits per heavy atom. The number of ether oxygens (including phenoxy) is 2. The summed E-state index contributed by atoms with van der Waals surface area (Å²) in [5.41, 5.74) is 2.57. The van der Waals surface area contributed by atoms with Gasteiger partial charge in [-0.15, -0.1) is 0 Å². The molecular weight excluding hydrogens is 492 g/mol. The van der Waals surface area contributed by atoms with E-state index in [1.807, 2.05) is 36.4 Å². The van der Waals surface area contributed by atoms with Gasteiger partial charge >= 0.3 is 0 Å². The van der Waals surface area contributed by atoms with Crippen molar-refractivity contribution >= 4 is 43.2 Å². The molecule has 0 atom stereocenters. The zero-order valence-corrected chi connectivity index (χ0v) is 19.2. The number of benzene rings is 3. The third-order valence-electron chi connectivity index (χ3n) is 4.34. The van der Waals surface area contributed by atoms with Crippen molar-refractivity contribution in [3.8, 4) is 11.5 Å². The first-order valence-electron chi connectivity index (χ1n) is 8.87. The van der Waals surface area contributed by atoms with Gasteiger partial charge in [-0.2, -0.15) is 0 Å². The molecule has 0 unspecified atom stereocenters. The van der Waals surface area contributed by atoms with Gasteiger partial charge < -0.3 is 14.8 Å². The van der Waals surface area contributed by atoms with E-state index < -0.39 is 10.0 Å². The van der Waals surface area contributed by atoms with Gasteiger partial charge in [0, 0.05) is 27.3 Å². The van der Waals surface area contributed by atoms with Crippen LogP contribution in [0.15, 0.2) is 70.0 Å². The molecular formula is C21H20BrClN2O4S. The van der Waals surface area contributed by atoms with Crippen LogP contribution in [-0.4, -0.2) is 15.5 Å². The predicted molar refractivity (Wildman–Crippen MR) is 122 cm³/mol. The average molecular weight is 512 g/mol. The van der Waals surface area contributed by atoms with E-state index >= 15 is 0 Å². The first-order chi connectivity index (χ1) is 14.3. The van der Waals surface area contributed by atoms with Crippen molar-refractivity contribution in [2.24, 2.45) is 5.14 Å². The monoisotopic (exact) mass is 510 g/mol. The minimum atomic E-state index is -3.73. The van der Waals surface area contributed by atoms with E-state index in [2.05, 4.69) is 21.2 Å². The maximum atomic E-state index is 11.4. The summed E-state index contributed by atoms with van der Waals surface area (Å²) >= 11 is 9.51. The van der Waals surface area contributed by atoms with Gasteiger partial charge in [-0.25, -0.2) is 13.6 Å². The molecule has 3 aromatic rings. The topological polar surface area (TPSA) is 90.6 Å². The van der Waals surface area contributed by atoms with Crippen LogP contribution in [0.25, 0.3) is 0 Å². The van der Waals surface area contributed by atoms with Crippen molar-refractivity contribution in [1.82, 2.24) is 0 Å². The second-order valence-corrected chi connectivity index (χ2v) is 9.25. The molecule has 0 saturated heterocycles. The van der Waals surface area contributed by atoms with Gasteiger partial charge in [-0.1, -0.05) is 39.7 Å². The molecule has 0 aliphatic heterocycles. The maximum Gasteiger partial charge on any atom is 0.238 e. The fourth-order valence-corrected chi connectivity index (χ4v) is 3.85. The highest BCUT2D eigenvalue weighted by Gasteiger charge is 2.15. The smallest absolute Gasteiger partial charge is 0.238 e. The van der Waals surface area contributed by atoms with Crippen LogP contribution in [0.5, 0.6) is 11.5 Å². The van der Waals surface area contributed by atoms with Gasteiger partial charge in [0.15, 0.2) is 11.5 Å². The molecule has 30 heavy (non-hydrogen) atoms. The minimum absolute atomic E-state index is 0.0580. The number of halogens is 2. The molecule has 6 nitrogen and oxygen atoms in total. The highest BCUT2D eigenvalue weighted by Crippen LogP contribution is 2.37. The molecule has 3 N–H and O–H groups in total.